The predicted octanol–water partition coefficient (Wildman–Crippen LogP) is 3.88. The molecule has 0 spiro atoms. The van der Waals surface area contributed by atoms with Gasteiger partial charge >= 0.3 is 0 Å². The molecule has 1 aliphatic rings. The zero-order valence-electron chi connectivity index (χ0n) is 12.8. The molecule has 0 fully saturated rings. The third kappa shape index (κ3) is 2.26. The van der Waals surface area contributed by atoms with Gasteiger partial charge in [-0.3, -0.25) is 4.79 Å². The zero-order valence-corrected chi connectivity index (χ0v) is 12.8. The molecule has 2 aromatic rings. The highest BCUT2D eigenvalue weighted by atomic mass is 16.4. The summed E-state index contributed by atoms with van der Waals surface area (Å²) >= 11 is 0. The molecule has 0 heterocycles. The van der Waals surface area contributed by atoms with Gasteiger partial charge in [-0.25, -0.2) is 0 Å². The van der Waals surface area contributed by atoms with Crippen LogP contribution in [0.2, 0.25) is 0 Å². The Hall–Kier alpha value is -2.62. The number of amides is 1. The molecule has 3 rings (SSSR count). The van der Waals surface area contributed by atoms with Crippen LogP contribution in [-0.4, -0.2) is 16.8 Å². The van der Waals surface area contributed by atoms with E-state index in [-0.39, 0.29) is 5.91 Å². The summed E-state index contributed by atoms with van der Waals surface area (Å²) in [6.07, 6.45) is 0. The number of fused-ring (bicyclic) bond motifs is 3. The molecule has 0 unspecified atom stereocenters. The number of hydrogen-bond acceptors (Lipinski definition) is 3. The van der Waals surface area contributed by atoms with Crippen LogP contribution in [0.15, 0.2) is 47.6 Å². The van der Waals surface area contributed by atoms with E-state index in [0.717, 1.165) is 22.3 Å². The zero-order chi connectivity index (χ0) is 15.9. The highest BCUT2D eigenvalue weighted by molar-refractivity contribution is 6.24. The lowest BCUT2D eigenvalue weighted by Gasteiger charge is -2.18. The van der Waals surface area contributed by atoms with Crippen LogP contribution in [-0.2, 0) is 4.79 Å². The summed E-state index contributed by atoms with van der Waals surface area (Å²) in [5, 5.41) is 15.7. The Morgan fingerprint density at radius 2 is 1.64 bits per heavy atom. The number of hydrogen-bond donors (Lipinski definition) is 2. The van der Waals surface area contributed by atoms with Crippen molar-refractivity contribution in [3.63, 3.8) is 0 Å². The molecule has 1 amide bonds. The predicted molar refractivity (Wildman–Crippen MR) is 87.4 cm³/mol. The lowest BCUT2D eigenvalue weighted by molar-refractivity contribution is -0.123. The smallest absolute Gasteiger partial charge is 0.229 e. The largest absolute Gasteiger partial charge is 0.410 e. The van der Waals surface area contributed by atoms with Crippen LogP contribution in [0.25, 0.3) is 11.1 Å². The van der Waals surface area contributed by atoms with E-state index >= 15 is 0 Å². The van der Waals surface area contributed by atoms with Gasteiger partial charge in [-0.2, -0.15) is 0 Å². The van der Waals surface area contributed by atoms with Gasteiger partial charge in [0.15, 0.2) is 0 Å². The first kappa shape index (κ1) is 14.3. The van der Waals surface area contributed by atoms with E-state index in [0.29, 0.717) is 11.4 Å². The van der Waals surface area contributed by atoms with Crippen LogP contribution in [0.5, 0.6) is 0 Å². The van der Waals surface area contributed by atoms with Crippen LogP contribution in [0.3, 0.4) is 0 Å². The van der Waals surface area contributed by atoms with E-state index in [1.54, 1.807) is 0 Å². The van der Waals surface area contributed by atoms with Crippen molar-refractivity contribution in [1.82, 2.24) is 0 Å². The van der Waals surface area contributed by atoms with Crippen molar-refractivity contribution in [2.24, 2.45) is 10.6 Å². The molecule has 22 heavy (non-hydrogen) atoms. The van der Waals surface area contributed by atoms with Crippen molar-refractivity contribution in [3.05, 3.63) is 53.6 Å². The van der Waals surface area contributed by atoms with Gasteiger partial charge in [0.2, 0.25) is 5.91 Å². The van der Waals surface area contributed by atoms with E-state index in [9.17, 15) is 10.0 Å². The van der Waals surface area contributed by atoms with Crippen LogP contribution < -0.4 is 5.32 Å². The van der Waals surface area contributed by atoms with Crippen LogP contribution in [0.1, 0.15) is 31.9 Å². The Balaban J connectivity index is 2.03. The van der Waals surface area contributed by atoms with Gasteiger partial charge in [0.1, 0.15) is 5.71 Å². The Morgan fingerprint density at radius 1 is 1.00 bits per heavy atom. The third-order valence-corrected chi connectivity index (χ3v) is 3.79. The van der Waals surface area contributed by atoms with Crippen molar-refractivity contribution in [1.29, 1.82) is 0 Å². The number of nitrogens with zero attached hydrogens (tertiary/aromatic N) is 1. The number of nitrogens with one attached hydrogen (secondary N) is 1. The summed E-state index contributed by atoms with van der Waals surface area (Å²) in [6, 6.07) is 13.5. The van der Waals surface area contributed by atoms with Crippen molar-refractivity contribution in [3.8, 4) is 11.1 Å². The summed E-state index contributed by atoms with van der Waals surface area (Å²) in [4.78, 5) is 12.1. The fourth-order valence-electron chi connectivity index (χ4n) is 2.55. The molecule has 2 aromatic carbocycles. The fraction of sp³-hybridized carbons (Fsp3) is 0.222. The molecule has 4 nitrogen and oxygen atoms in total. The molecule has 1 aliphatic carbocycles. The molecule has 2 N–H and O–H groups in total. The minimum atomic E-state index is -0.462. The first-order valence-electron chi connectivity index (χ1n) is 7.19. The van der Waals surface area contributed by atoms with Gasteiger partial charge in [0.25, 0.3) is 0 Å². The Labute approximate surface area is 129 Å². The monoisotopic (exact) mass is 294 g/mol. The number of benzene rings is 2. The summed E-state index contributed by atoms with van der Waals surface area (Å²) < 4.78 is 0. The first-order chi connectivity index (χ1) is 10.4. The minimum absolute atomic E-state index is 0.0505. The number of oxime groups is 1. The average molecular weight is 294 g/mol. The maximum absolute atomic E-state index is 12.1. The summed E-state index contributed by atoms with van der Waals surface area (Å²) in [6.45, 7) is 5.60. The van der Waals surface area contributed by atoms with Crippen LogP contribution in [0.4, 0.5) is 5.69 Å². The van der Waals surface area contributed by atoms with Crippen LogP contribution in [0, 0.1) is 5.41 Å². The van der Waals surface area contributed by atoms with Gasteiger partial charge in [-0.1, -0.05) is 56.3 Å². The van der Waals surface area contributed by atoms with E-state index in [4.69, 9.17) is 0 Å². The normalized spacial score (nSPS) is 14.6. The van der Waals surface area contributed by atoms with Crippen molar-refractivity contribution in [2.45, 2.75) is 20.8 Å². The average Bonchev–Trinajstić information content (AvgIpc) is 2.79. The molecule has 4 heteroatoms. The maximum Gasteiger partial charge on any atom is 0.229 e. The topological polar surface area (TPSA) is 61.7 Å². The molecular weight excluding hydrogens is 276 g/mol. The summed E-state index contributed by atoms with van der Waals surface area (Å²) in [7, 11) is 0. The van der Waals surface area contributed by atoms with Gasteiger partial charge in [-0.05, 0) is 23.3 Å². The number of carbonyl (C=O) groups excluding carboxylic acids is 1. The SMILES string of the molecule is CC(C)(C)C(=O)Nc1ccc2c(c1)C(=NO)c1ccccc1-2. The number of rotatable bonds is 1. The van der Waals surface area contributed by atoms with Gasteiger partial charge in [0.05, 0.1) is 0 Å². The lowest BCUT2D eigenvalue weighted by atomic mass is 9.95. The molecule has 0 atom stereocenters. The maximum atomic E-state index is 12.1. The molecule has 112 valence electrons. The Morgan fingerprint density at radius 3 is 2.27 bits per heavy atom. The van der Waals surface area contributed by atoms with E-state index in [1.165, 1.54) is 0 Å². The van der Waals surface area contributed by atoms with E-state index < -0.39 is 5.41 Å². The number of carbonyl (C=O) groups is 1. The standard InChI is InChI=1S/C18H18N2O2/c1-18(2,3)17(21)19-11-8-9-13-12-6-4-5-7-14(12)16(20-22)15(13)10-11/h4-10,22H,1-3H3,(H,19,21). The molecule has 0 radical (unpaired) electrons. The molecule has 0 bridgehead atoms. The number of anilines is 1. The second-order valence-corrected chi connectivity index (χ2v) is 6.46. The summed E-state index contributed by atoms with van der Waals surface area (Å²) in [5.41, 5.74) is 4.56. The highest BCUT2D eigenvalue weighted by Crippen LogP contribution is 2.38. The van der Waals surface area contributed by atoms with Crippen molar-refractivity contribution in [2.75, 3.05) is 5.32 Å². The van der Waals surface area contributed by atoms with Crippen LogP contribution >= 0.6 is 0 Å². The van der Waals surface area contributed by atoms with Gasteiger partial charge in [-0.15, -0.1) is 0 Å². The minimum Gasteiger partial charge on any atom is -0.410 e. The second-order valence-electron chi connectivity index (χ2n) is 6.46. The lowest BCUT2D eigenvalue weighted by Crippen LogP contribution is -2.27. The Kier molecular flexibility index (Phi) is 3.24. The molecular formula is C18H18N2O2. The van der Waals surface area contributed by atoms with Gasteiger partial charge < -0.3 is 10.5 Å². The van der Waals surface area contributed by atoms with E-state index in [2.05, 4.69) is 10.5 Å². The van der Waals surface area contributed by atoms with Crippen molar-refractivity contribution < 1.29 is 10.0 Å². The highest BCUT2D eigenvalue weighted by Gasteiger charge is 2.26. The molecule has 0 saturated carbocycles. The van der Waals surface area contributed by atoms with Gasteiger partial charge in [0, 0.05) is 22.2 Å². The van der Waals surface area contributed by atoms with E-state index in [1.807, 2.05) is 63.2 Å². The van der Waals surface area contributed by atoms with Crippen molar-refractivity contribution >= 4 is 17.3 Å². The molecule has 0 saturated heterocycles. The summed E-state index contributed by atoms with van der Waals surface area (Å²) in [5.74, 6) is -0.0505. The second kappa shape index (κ2) is 4.98. The quantitative estimate of drug-likeness (QED) is 0.528. The Bertz CT molecular complexity index is 786. The molecule has 0 aromatic heterocycles. The third-order valence-electron chi connectivity index (χ3n) is 3.79. The fourth-order valence-corrected chi connectivity index (χ4v) is 2.55. The first-order valence-corrected chi connectivity index (χ1v) is 7.19. The molecule has 0 aliphatic heterocycles.